The van der Waals surface area contributed by atoms with E-state index in [0.717, 1.165) is 35.8 Å². The Balaban J connectivity index is 0.000000386. The van der Waals surface area contributed by atoms with Crippen LogP contribution >= 0.6 is 29.5 Å². The number of ether oxygens (including phenoxy) is 1. The zero-order valence-corrected chi connectivity index (χ0v) is 20.9. The fourth-order valence-electron chi connectivity index (χ4n) is 2.32. The Morgan fingerprint density at radius 3 is 1.55 bits per heavy atom. The summed E-state index contributed by atoms with van der Waals surface area (Å²) < 4.78 is 4.82. The van der Waals surface area contributed by atoms with Crippen LogP contribution in [0.25, 0.3) is 0 Å². The summed E-state index contributed by atoms with van der Waals surface area (Å²) >= 11 is -1.77. The summed E-state index contributed by atoms with van der Waals surface area (Å²) in [5.41, 5.74) is 6.25. The minimum absolute atomic E-state index is 0.944. The van der Waals surface area contributed by atoms with Crippen LogP contribution in [0.3, 0.4) is 0 Å². The monoisotopic (exact) mass is 491 g/mol. The second-order valence-corrected chi connectivity index (χ2v) is 13.3. The molecule has 29 heavy (non-hydrogen) atoms. The molecule has 158 valence electrons. The van der Waals surface area contributed by atoms with E-state index in [4.69, 9.17) is 34.3 Å². The maximum absolute atomic E-state index is 4.95. The third kappa shape index (κ3) is 11.8. The second-order valence-electron chi connectivity index (χ2n) is 6.34. The number of halogens is 3. The summed E-state index contributed by atoms with van der Waals surface area (Å²) in [6, 6.07) is 16.3. The number of aliphatic imine (C=N–C) groups is 2. The Hall–Kier alpha value is -0.806. The van der Waals surface area contributed by atoms with Crippen LogP contribution in [0.1, 0.15) is 37.8 Å². The van der Waals surface area contributed by atoms with Crippen LogP contribution in [-0.4, -0.2) is 18.0 Å². The molecule has 0 bridgehead atoms. The first-order chi connectivity index (χ1) is 13.8. The van der Waals surface area contributed by atoms with Crippen molar-refractivity contribution in [2.24, 2.45) is 9.98 Å². The van der Waals surface area contributed by atoms with E-state index in [9.17, 15) is 0 Å². The van der Waals surface area contributed by atoms with Crippen molar-refractivity contribution in [3.05, 3.63) is 66.3 Å². The molecule has 2 aromatic carbocycles. The van der Waals surface area contributed by atoms with Gasteiger partial charge in [-0.25, -0.2) is 6.61 Å². The molecule has 2 aromatic rings. The van der Waals surface area contributed by atoms with Gasteiger partial charge in [-0.2, -0.15) is 6.42 Å². The van der Waals surface area contributed by atoms with Gasteiger partial charge in [0.25, 0.3) is 0 Å². The van der Waals surface area contributed by atoms with Gasteiger partial charge < -0.3 is 4.74 Å². The predicted molar refractivity (Wildman–Crippen MR) is 125 cm³/mol. The molecule has 7 heteroatoms. The fraction of sp³-hybridized carbons (Fsp3) is 0.318. The molecule has 0 aromatic heterocycles. The van der Waals surface area contributed by atoms with Crippen molar-refractivity contribution in [2.75, 3.05) is 6.61 Å². The van der Waals surface area contributed by atoms with Crippen LogP contribution in [0.2, 0.25) is 0 Å². The van der Waals surface area contributed by atoms with Gasteiger partial charge in [0.2, 0.25) is 0 Å². The van der Waals surface area contributed by atoms with Gasteiger partial charge in [0.15, 0.2) is 0 Å². The first-order valence-electron chi connectivity index (χ1n) is 9.24. The zero-order chi connectivity index (χ0) is 21.6. The molecule has 0 radical (unpaired) electrons. The van der Waals surface area contributed by atoms with Gasteiger partial charge in [-0.15, -0.1) is 0 Å². The van der Waals surface area contributed by atoms with E-state index >= 15 is 0 Å². The second kappa shape index (κ2) is 15.1. The number of nitrogens with zero attached hydrogens (tertiary/aromatic N) is 2. The van der Waals surface area contributed by atoms with Crippen molar-refractivity contribution in [3.8, 4) is 0 Å². The third-order valence-electron chi connectivity index (χ3n) is 4.03. The van der Waals surface area contributed by atoms with Crippen LogP contribution in [0.5, 0.6) is 0 Å². The van der Waals surface area contributed by atoms with Crippen LogP contribution in [0.4, 0.5) is 11.4 Å². The molecular weight excluding hydrogens is 466 g/mol. The van der Waals surface area contributed by atoms with Crippen LogP contribution in [0.15, 0.2) is 58.5 Å². The SMILES string of the molecule is CC(=Nc1ccccc1C)C(C)=Nc1ccccc1C.[CH-]1CCCO1.[Cl][V]([Cl])[Cl]. The van der Waals surface area contributed by atoms with Gasteiger partial charge in [-0.3, -0.25) is 9.98 Å². The molecule has 1 heterocycles. The predicted octanol–water partition coefficient (Wildman–Crippen LogP) is 8.21. The number of hydrogen-bond acceptors (Lipinski definition) is 3. The molecular formula is C22H27Cl3N2OV-. The quantitative estimate of drug-likeness (QED) is 0.314. The summed E-state index contributed by atoms with van der Waals surface area (Å²) in [7, 11) is 14.9. The van der Waals surface area contributed by atoms with Crippen LogP contribution in [-0.2, 0) is 17.0 Å². The van der Waals surface area contributed by atoms with E-state index in [0.29, 0.717) is 0 Å². The van der Waals surface area contributed by atoms with E-state index in [1.807, 2.05) is 56.9 Å². The summed E-state index contributed by atoms with van der Waals surface area (Å²) in [6.45, 7) is 11.0. The van der Waals surface area contributed by atoms with Gasteiger partial charge in [-0.05, 0) is 51.0 Å². The summed E-state index contributed by atoms with van der Waals surface area (Å²) in [6.07, 6.45) is 2.38. The first kappa shape index (κ1) is 26.2. The molecule has 3 rings (SSSR count). The van der Waals surface area contributed by atoms with E-state index in [2.05, 4.69) is 36.0 Å². The summed E-state index contributed by atoms with van der Waals surface area (Å²) in [4.78, 5) is 9.34. The first-order valence-corrected chi connectivity index (χ1v) is 15.0. The topological polar surface area (TPSA) is 34.0 Å². The Morgan fingerprint density at radius 2 is 1.28 bits per heavy atom. The molecule has 0 amide bonds. The number of aryl methyl sites for hydroxylation is 2. The Kier molecular flexibility index (Phi) is 13.6. The normalized spacial score (nSPS) is 14.1. The number of rotatable bonds is 3. The molecule has 3 nitrogen and oxygen atoms in total. The van der Waals surface area contributed by atoms with E-state index < -0.39 is 12.3 Å². The van der Waals surface area contributed by atoms with Gasteiger partial charge in [-0.1, -0.05) is 42.8 Å². The molecule has 1 saturated heterocycles. The van der Waals surface area contributed by atoms with Crippen molar-refractivity contribution >= 4 is 52.3 Å². The summed E-state index contributed by atoms with van der Waals surface area (Å²) in [5, 5.41) is 0. The fourth-order valence-corrected chi connectivity index (χ4v) is 2.32. The molecule has 1 aliphatic rings. The molecule has 0 unspecified atom stereocenters. The van der Waals surface area contributed by atoms with Crippen molar-refractivity contribution in [3.63, 3.8) is 0 Å². The molecule has 0 atom stereocenters. The van der Waals surface area contributed by atoms with Crippen molar-refractivity contribution in [1.82, 2.24) is 0 Å². The number of hydrogen-bond donors (Lipinski definition) is 0. The van der Waals surface area contributed by atoms with E-state index in [1.54, 1.807) is 0 Å². The average molecular weight is 493 g/mol. The molecule has 0 N–H and O–H groups in total. The standard InChI is InChI=1S/C18H20N2.C4H7O.3ClH.V/c1-13-9-5-7-11-17(13)19-15(3)16(4)20-18-12-8-6-10-14(18)2;1-2-4-5-3-1;;;;/h5-12H,1-4H3;3H,1-2,4H2;3*1H;/q;-1;;;;+3/p-3. The van der Waals surface area contributed by atoms with Crippen molar-refractivity contribution in [1.29, 1.82) is 0 Å². The Bertz CT molecular complexity index is 736. The maximum atomic E-state index is 4.95. The van der Waals surface area contributed by atoms with Gasteiger partial charge >= 0.3 is 41.8 Å². The van der Waals surface area contributed by atoms with Crippen molar-refractivity contribution < 1.29 is 17.0 Å². The molecule has 1 aliphatic heterocycles. The van der Waals surface area contributed by atoms with Crippen molar-refractivity contribution in [2.45, 2.75) is 40.5 Å². The number of para-hydroxylation sites is 2. The van der Waals surface area contributed by atoms with Gasteiger partial charge in [0.1, 0.15) is 0 Å². The Labute approximate surface area is 192 Å². The molecule has 1 fully saturated rings. The third-order valence-corrected chi connectivity index (χ3v) is 4.03. The van der Waals surface area contributed by atoms with Gasteiger partial charge in [0, 0.05) is 6.61 Å². The minimum atomic E-state index is -1.77. The van der Waals surface area contributed by atoms with Crippen LogP contribution in [0, 0.1) is 20.5 Å². The molecule has 0 aliphatic carbocycles. The zero-order valence-electron chi connectivity index (χ0n) is 17.2. The number of benzene rings is 2. The van der Waals surface area contributed by atoms with E-state index in [-0.39, 0.29) is 0 Å². The molecule has 0 saturated carbocycles. The van der Waals surface area contributed by atoms with E-state index in [1.165, 1.54) is 17.5 Å². The Morgan fingerprint density at radius 1 is 0.862 bits per heavy atom. The van der Waals surface area contributed by atoms with Gasteiger partial charge in [0.05, 0.1) is 22.8 Å². The molecule has 0 spiro atoms. The average Bonchev–Trinajstić information content (AvgIpc) is 3.25. The van der Waals surface area contributed by atoms with Crippen LogP contribution < -0.4 is 0 Å². The summed E-state index contributed by atoms with van der Waals surface area (Å²) in [5.74, 6) is 0.